The quantitative estimate of drug-likeness (QED) is 0.299. The maximum Gasteiger partial charge on any atom is 0.108 e. The van der Waals surface area contributed by atoms with Crippen molar-refractivity contribution in [3.63, 3.8) is 0 Å². The lowest BCUT2D eigenvalue weighted by atomic mass is 9.63. The molecule has 9 heteroatoms. The van der Waals surface area contributed by atoms with Gasteiger partial charge < -0.3 is 25.5 Å². The van der Waals surface area contributed by atoms with E-state index in [1.165, 1.54) is 0 Å². The van der Waals surface area contributed by atoms with Crippen LogP contribution in [0.5, 0.6) is 0 Å². The highest BCUT2D eigenvalue weighted by Crippen LogP contribution is 2.55. The Morgan fingerprint density at radius 1 is 1.00 bits per heavy atom. The molecule has 2 aromatic carbocycles. The van der Waals surface area contributed by atoms with E-state index in [4.69, 9.17) is 23.2 Å². The average molecular weight is 566 g/mol. The van der Waals surface area contributed by atoms with Crippen molar-refractivity contribution in [2.75, 3.05) is 19.8 Å². The minimum absolute atomic E-state index is 0.0553. The minimum atomic E-state index is -1.53. The van der Waals surface area contributed by atoms with Crippen LogP contribution < -0.4 is 0 Å². The molecular weight excluding hydrogens is 527 g/mol. The summed E-state index contributed by atoms with van der Waals surface area (Å²) in [5.41, 5.74) is 0.266. The summed E-state index contributed by atoms with van der Waals surface area (Å²) in [5, 5.41) is 62.7. The Balaban J connectivity index is 2.20. The van der Waals surface area contributed by atoms with Crippen LogP contribution in [-0.2, 0) is 5.41 Å². The first-order valence-corrected chi connectivity index (χ1v) is 13.6. The summed E-state index contributed by atoms with van der Waals surface area (Å²) >= 11 is 12.6. The fourth-order valence-corrected chi connectivity index (χ4v) is 6.22. The van der Waals surface area contributed by atoms with Gasteiger partial charge in [-0.25, -0.2) is 0 Å². The Bertz CT molecular complexity index is 1100. The molecule has 0 spiro atoms. The van der Waals surface area contributed by atoms with Crippen LogP contribution in [0.15, 0.2) is 48.5 Å². The number of hydrogen-bond acceptors (Lipinski definition) is 7. The van der Waals surface area contributed by atoms with E-state index in [0.717, 1.165) is 11.1 Å². The zero-order valence-corrected chi connectivity index (χ0v) is 23.5. The Hall–Kier alpha value is -1.73. The molecule has 1 aliphatic rings. The number of aliphatic hydroxyl groups excluding tert-OH is 5. The van der Waals surface area contributed by atoms with E-state index in [2.05, 4.69) is 31.7 Å². The monoisotopic (exact) mass is 564 g/mol. The predicted molar refractivity (Wildman–Crippen MR) is 148 cm³/mol. The van der Waals surface area contributed by atoms with E-state index in [-0.39, 0.29) is 31.0 Å². The molecule has 0 amide bonds. The van der Waals surface area contributed by atoms with Crippen molar-refractivity contribution in [2.45, 2.75) is 75.3 Å². The zero-order chi connectivity index (χ0) is 28.3. The maximum atomic E-state index is 11.0. The molecule has 0 unspecified atom stereocenters. The molecule has 1 aliphatic heterocycles. The molecule has 5 N–H and O–H groups in total. The number of rotatable bonds is 10. The molecule has 1 fully saturated rings. The molecule has 1 saturated heterocycles. The van der Waals surface area contributed by atoms with E-state index in [9.17, 15) is 30.8 Å². The third kappa shape index (κ3) is 6.35. The molecule has 1 heterocycles. The van der Waals surface area contributed by atoms with Gasteiger partial charge >= 0.3 is 0 Å². The van der Waals surface area contributed by atoms with Gasteiger partial charge in [-0.15, -0.1) is 0 Å². The molecule has 0 aromatic heterocycles. The fraction of sp³-hybridized carbons (Fsp3) is 0.552. The van der Waals surface area contributed by atoms with Crippen LogP contribution in [0.3, 0.4) is 0 Å². The Morgan fingerprint density at radius 2 is 1.66 bits per heavy atom. The van der Waals surface area contributed by atoms with Gasteiger partial charge in [-0.2, -0.15) is 5.26 Å². The van der Waals surface area contributed by atoms with Crippen LogP contribution in [0.1, 0.15) is 50.7 Å². The van der Waals surface area contributed by atoms with Crippen molar-refractivity contribution >= 4 is 23.2 Å². The van der Waals surface area contributed by atoms with Gasteiger partial charge in [0.25, 0.3) is 0 Å². The van der Waals surface area contributed by atoms with Crippen LogP contribution in [0.4, 0.5) is 0 Å². The molecular formula is C29H38Cl2N2O5. The Morgan fingerprint density at radius 3 is 2.18 bits per heavy atom. The molecule has 7 atom stereocenters. The van der Waals surface area contributed by atoms with Gasteiger partial charge in [-0.3, -0.25) is 4.90 Å². The summed E-state index contributed by atoms with van der Waals surface area (Å²) in [6.45, 7) is 5.56. The average Bonchev–Trinajstić information content (AvgIpc) is 3.14. The molecule has 0 saturated carbocycles. The van der Waals surface area contributed by atoms with Gasteiger partial charge in [0.15, 0.2) is 0 Å². The second-order valence-corrected chi connectivity index (χ2v) is 12.3. The molecule has 208 valence electrons. The number of nitriles is 1. The summed E-state index contributed by atoms with van der Waals surface area (Å²) in [5.74, 6) is -0.477. The number of benzene rings is 2. The topological polar surface area (TPSA) is 128 Å². The van der Waals surface area contributed by atoms with Crippen LogP contribution in [0, 0.1) is 16.7 Å². The molecule has 2 aromatic rings. The van der Waals surface area contributed by atoms with Crippen molar-refractivity contribution in [2.24, 2.45) is 5.41 Å². The molecule has 7 nitrogen and oxygen atoms in total. The zero-order valence-electron chi connectivity index (χ0n) is 22.0. The van der Waals surface area contributed by atoms with Gasteiger partial charge in [-0.1, -0.05) is 68.2 Å². The van der Waals surface area contributed by atoms with Crippen molar-refractivity contribution in [3.8, 4) is 6.07 Å². The van der Waals surface area contributed by atoms with Gasteiger partial charge in [-0.05, 0) is 53.6 Å². The third-order valence-corrected chi connectivity index (χ3v) is 8.08. The Kier molecular flexibility index (Phi) is 10.2. The van der Waals surface area contributed by atoms with E-state index < -0.39 is 42.3 Å². The van der Waals surface area contributed by atoms with E-state index in [1.54, 1.807) is 18.2 Å². The van der Waals surface area contributed by atoms with Crippen molar-refractivity contribution in [1.82, 2.24) is 4.90 Å². The van der Waals surface area contributed by atoms with Gasteiger partial charge in [0.1, 0.15) is 17.6 Å². The van der Waals surface area contributed by atoms with Crippen molar-refractivity contribution in [1.29, 1.82) is 5.26 Å². The number of nitrogens with zero attached hydrogens (tertiary/aromatic N) is 2. The van der Waals surface area contributed by atoms with Gasteiger partial charge in [0, 0.05) is 34.6 Å². The van der Waals surface area contributed by atoms with Crippen LogP contribution in [0.25, 0.3) is 0 Å². The number of hydrogen-bond donors (Lipinski definition) is 5. The molecule has 0 aliphatic carbocycles. The van der Waals surface area contributed by atoms with E-state index >= 15 is 0 Å². The Labute approximate surface area is 234 Å². The lowest BCUT2D eigenvalue weighted by Gasteiger charge is -2.40. The fourth-order valence-electron chi connectivity index (χ4n) is 5.89. The summed E-state index contributed by atoms with van der Waals surface area (Å²) in [6, 6.07) is 16.3. The van der Waals surface area contributed by atoms with E-state index in [0.29, 0.717) is 16.5 Å². The normalized spacial score (nSPS) is 26.6. The van der Waals surface area contributed by atoms with Gasteiger partial charge in [0.2, 0.25) is 0 Å². The first-order chi connectivity index (χ1) is 17.9. The highest BCUT2D eigenvalue weighted by atomic mass is 35.5. The molecule has 0 bridgehead atoms. The lowest BCUT2D eigenvalue weighted by molar-refractivity contribution is -0.0815. The summed E-state index contributed by atoms with van der Waals surface area (Å²) in [6.07, 6.45) is -3.68. The molecule has 3 rings (SSSR count). The molecule has 38 heavy (non-hydrogen) atoms. The highest BCUT2D eigenvalue weighted by Gasteiger charge is 2.61. The second-order valence-electron chi connectivity index (χ2n) is 11.4. The third-order valence-electron chi connectivity index (χ3n) is 7.59. The summed E-state index contributed by atoms with van der Waals surface area (Å²) < 4.78 is 0. The first-order valence-electron chi connectivity index (χ1n) is 12.8. The number of halogens is 2. The minimum Gasteiger partial charge on any atom is -0.395 e. The standard InChI is InChI=1S/C29H38Cl2N2O5/c1-28(2,3)14-25-29(17-32,19-7-9-20(30)10-8-19)26(18-5-4-6-21(31)13-18)22(15-34)33(25)12-11-23(36)27(38)24(37)16-35/h4-10,13,22-27,34-38H,11-12,14-16H2,1-3H3/t22-,23+,24+,25-,26-,27-,29-/m0/s1. The number of aliphatic hydroxyl groups is 5. The number of likely N-dealkylation sites (tertiary alicyclic amines) is 1. The smallest absolute Gasteiger partial charge is 0.108 e. The first kappa shape index (κ1) is 30.8. The van der Waals surface area contributed by atoms with E-state index in [1.807, 2.05) is 30.3 Å². The molecule has 0 radical (unpaired) electrons. The summed E-state index contributed by atoms with van der Waals surface area (Å²) in [7, 11) is 0. The lowest BCUT2D eigenvalue weighted by Crippen LogP contribution is -2.48. The second kappa shape index (κ2) is 12.6. The predicted octanol–water partition coefficient (Wildman–Crippen LogP) is 3.48. The van der Waals surface area contributed by atoms with Crippen LogP contribution in [-0.4, -0.2) is 80.6 Å². The highest BCUT2D eigenvalue weighted by molar-refractivity contribution is 6.30. The SMILES string of the molecule is CC(C)(C)C[C@@H]1N(CC[C@@H](O)[C@H](O)[C@H](O)CO)[C@@H](CO)[C@H](c2cccc(Cl)c2)[C@@]1(C#N)c1ccc(Cl)cc1. The van der Waals surface area contributed by atoms with Crippen molar-refractivity contribution < 1.29 is 25.5 Å². The largest absolute Gasteiger partial charge is 0.395 e. The van der Waals surface area contributed by atoms with Gasteiger partial charge in [0.05, 0.1) is 25.4 Å². The summed E-state index contributed by atoms with van der Waals surface area (Å²) in [4.78, 5) is 2.05. The van der Waals surface area contributed by atoms with Crippen LogP contribution in [0.2, 0.25) is 10.0 Å². The van der Waals surface area contributed by atoms with Crippen LogP contribution >= 0.6 is 23.2 Å². The maximum absolute atomic E-state index is 11.0. The van der Waals surface area contributed by atoms with Crippen molar-refractivity contribution in [3.05, 3.63) is 69.7 Å².